The Bertz CT molecular complexity index is 645. The van der Waals surface area contributed by atoms with E-state index in [0.717, 1.165) is 38.0 Å². The number of likely N-dealkylation sites (tertiary alicyclic amines) is 1. The van der Waals surface area contributed by atoms with Crippen LogP contribution >= 0.6 is 11.6 Å². The summed E-state index contributed by atoms with van der Waals surface area (Å²) in [4.78, 5) is 14.8. The van der Waals surface area contributed by atoms with E-state index in [0.29, 0.717) is 12.5 Å². The van der Waals surface area contributed by atoms with E-state index in [2.05, 4.69) is 21.7 Å². The number of benzene rings is 1. The predicted octanol–water partition coefficient (Wildman–Crippen LogP) is 0.708. The molecule has 8 heteroatoms. The van der Waals surface area contributed by atoms with Crippen LogP contribution in [0.5, 0.6) is 0 Å². The van der Waals surface area contributed by atoms with Crippen molar-refractivity contribution < 1.29 is 9.18 Å². The summed E-state index contributed by atoms with van der Waals surface area (Å²) in [5.41, 5.74) is 13.7. The van der Waals surface area contributed by atoms with E-state index in [9.17, 15) is 9.18 Å². The molecule has 0 radical (unpaired) electrons. The fourth-order valence-electron chi connectivity index (χ4n) is 4.39. The predicted molar refractivity (Wildman–Crippen MR) is 97.9 cm³/mol. The summed E-state index contributed by atoms with van der Waals surface area (Å²) in [5, 5.41) is -0.221. The van der Waals surface area contributed by atoms with Crippen molar-refractivity contribution in [1.82, 2.24) is 26.6 Å². The molecule has 0 spiro atoms. The number of hydrazine groups is 2. The average Bonchev–Trinajstić information content (AvgIpc) is 3.31. The highest BCUT2D eigenvalue weighted by atomic mass is 35.5. The minimum absolute atomic E-state index is 0.0731. The van der Waals surface area contributed by atoms with Crippen molar-refractivity contribution in [2.45, 2.75) is 36.2 Å². The Hall–Kier alpha value is -1.25. The lowest BCUT2D eigenvalue weighted by Crippen LogP contribution is -2.54. The zero-order valence-electron chi connectivity index (χ0n) is 14.6. The summed E-state index contributed by atoms with van der Waals surface area (Å²) in [6.07, 6.45) is 2.05. The molecule has 0 aromatic heterocycles. The van der Waals surface area contributed by atoms with Gasteiger partial charge in [0.1, 0.15) is 11.9 Å². The molecule has 3 heterocycles. The van der Waals surface area contributed by atoms with E-state index >= 15 is 0 Å². The molecule has 5 unspecified atom stereocenters. The van der Waals surface area contributed by atoms with Crippen LogP contribution in [0.3, 0.4) is 0 Å². The number of nitrogens with one attached hydrogen (secondary N) is 4. The zero-order valence-corrected chi connectivity index (χ0v) is 15.3. The Morgan fingerprint density at radius 1 is 1.15 bits per heavy atom. The van der Waals surface area contributed by atoms with Gasteiger partial charge in [0.15, 0.2) is 0 Å². The molecular formula is C18H25ClFN5O. The maximum atomic E-state index is 13.2. The minimum Gasteiger partial charge on any atom is -0.341 e. The molecule has 142 valence electrons. The Morgan fingerprint density at radius 3 is 2.65 bits per heavy atom. The Balaban J connectivity index is 1.45. The van der Waals surface area contributed by atoms with E-state index in [-0.39, 0.29) is 35.1 Å². The number of carbonyl (C=O) groups excluding carboxylic acids is 1. The van der Waals surface area contributed by atoms with Gasteiger partial charge in [-0.25, -0.2) is 9.82 Å². The number of piperidine rings is 1. The molecule has 1 aromatic rings. The Labute approximate surface area is 157 Å². The highest BCUT2D eigenvalue weighted by Crippen LogP contribution is 2.32. The van der Waals surface area contributed by atoms with Gasteiger partial charge in [-0.05, 0) is 36.5 Å². The van der Waals surface area contributed by atoms with Gasteiger partial charge in [-0.15, -0.1) is 11.6 Å². The van der Waals surface area contributed by atoms with Gasteiger partial charge in [0.2, 0.25) is 5.91 Å². The van der Waals surface area contributed by atoms with E-state index in [4.69, 9.17) is 11.6 Å². The van der Waals surface area contributed by atoms with E-state index < -0.39 is 0 Å². The van der Waals surface area contributed by atoms with E-state index in [1.54, 1.807) is 0 Å². The SMILES string of the molecule is O=C(C1NNCC1Cl)N1CCCC(C2NNCC2c2ccc(F)cc2)C1. The summed E-state index contributed by atoms with van der Waals surface area (Å²) in [6, 6.07) is 6.61. The molecule has 3 aliphatic rings. The van der Waals surface area contributed by atoms with Crippen LogP contribution in [0.2, 0.25) is 0 Å². The number of hydrogen-bond donors (Lipinski definition) is 4. The lowest BCUT2D eigenvalue weighted by molar-refractivity contribution is -0.135. The van der Waals surface area contributed by atoms with Gasteiger partial charge in [-0.2, -0.15) is 0 Å². The van der Waals surface area contributed by atoms with Crippen molar-refractivity contribution >= 4 is 17.5 Å². The van der Waals surface area contributed by atoms with Crippen molar-refractivity contribution in [2.75, 3.05) is 26.2 Å². The first kappa shape index (κ1) is 18.1. The van der Waals surface area contributed by atoms with Gasteiger partial charge in [-0.3, -0.25) is 21.1 Å². The summed E-state index contributed by atoms with van der Waals surface area (Å²) < 4.78 is 13.2. The largest absolute Gasteiger partial charge is 0.341 e. The molecular weight excluding hydrogens is 357 g/mol. The molecule has 5 atom stereocenters. The third-order valence-corrected chi connectivity index (χ3v) is 6.19. The molecule has 3 saturated heterocycles. The lowest BCUT2D eigenvalue weighted by atomic mass is 9.81. The zero-order chi connectivity index (χ0) is 18.1. The Morgan fingerprint density at radius 2 is 1.92 bits per heavy atom. The van der Waals surface area contributed by atoms with Crippen molar-refractivity contribution in [3.05, 3.63) is 35.6 Å². The van der Waals surface area contributed by atoms with Crippen molar-refractivity contribution in [2.24, 2.45) is 5.92 Å². The summed E-state index contributed by atoms with van der Waals surface area (Å²) in [7, 11) is 0. The molecule has 3 aliphatic heterocycles. The molecule has 4 rings (SSSR count). The number of carbonyl (C=O) groups is 1. The summed E-state index contributed by atoms with van der Waals surface area (Å²) in [5.74, 6) is 0.472. The van der Waals surface area contributed by atoms with Gasteiger partial charge >= 0.3 is 0 Å². The molecule has 26 heavy (non-hydrogen) atoms. The maximum Gasteiger partial charge on any atom is 0.242 e. The molecule has 3 fully saturated rings. The van der Waals surface area contributed by atoms with Crippen molar-refractivity contribution in [3.63, 3.8) is 0 Å². The fourth-order valence-corrected chi connectivity index (χ4v) is 4.63. The smallest absolute Gasteiger partial charge is 0.242 e. The van der Waals surface area contributed by atoms with Crippen LogP contribution in [0.1, 0.15) is 24.3 Å². The van der Waals surface area contributed by atoms with Crippen LogP contribution in [0.25, 0.3) is 0 Å². The van der Waals surface area contributed by atoms with Crippen molar-refractivity contribution in [3.8, 4) is 0 Å². The van der Waals surface area contributed by atoms with Crippen LogP contribution in [0, 0.1) is 11.7 Å². The second kappa shape index (κ2) is 7.78. The molecule has 0 saturated carbocycles. The third-order valence-electron chi connectivity index (χ3n) is 5.78. The lowest BCUT2D eigenvalue weighted by Gasteiger charge is -2.38. The summed E-state index contributed by atoms with van der Waals surface area (Å²) >= 11 is 6.25. The fraction of sp³-hybridized carbons (Fsp3) is 0.611. The van der Waals surface area contributed by atoms with Crippen LogP contribution in [-0.4, -0.2) is 54.4 Å². The number of alkyl halides is 1. The number of amides is 1. The molecule has 0 bridgehead atoms. The van der Waals surface area contributed by atoms with Crippen molar-refractivity contribution in [1.29, 1.82) is 0 Å². The molecule has 0 aliphatic carbocycles. The highest BCUT2D eigenvalue weighted by Gasteiger charge is 2.40. The van der Waals surface area contributed by atoms with E-state index in [1.165, 1.54) is 12.1 Å². The number of hydrogen-bond acceptors (Lipinski definition) is 5. The van der Waals surface area contributed by atoms with Gasteiger partial charge in [0, 0.05) is 38.1 Å². The first-order valence-corrected chi connectivity index (χ1v) is 9.72. The molecule has 4 N–H and O–H groups in total. The first-order valence-electron chi connectivity index (χ1n) is 9.28. The second-order valence-electron chi connectivity index (χ2n) is 7.41. The topological polar surface area (TPSA) is 68.4 Å². The van der Waals surface area contributed by atoms with Gasteiger partial charge < -0.3 is 4.90 Å². The average molecular weight is 382 g/mol. The standard InChI is InChI=1S/C18H25ClFN5O/c19-15-9-22-24-17(15)18(26)25-7-1-2-12(10-25)16-14(8-21-23-16)11-3-5-13(20)6-4-11/h3-6,12,14-17,21-24H,1-2,7-10H2. The monoisotopic (exact) mass is 381 g/mol. The highest BCUT2D eigenvalue weighted by molar-refractivity contribution is 6.23. The van der Waals surface area contributed by atoms with Gasteiger partial charge in [0.25, 0.3) is 0 Å². The van der Waals surface area contributed by atoms with Crippen LogP contribution in [-0.2, 0) is 4.79 Å². The minimum atomic E-state index is -0.363. The van der Waals surface area contributed by atoms with Crippen LogP contribution in [0.4, 0.5) is 4.39 Å². The number of halogens is 2. The number of rotatable bonds is 3. The quantitative estimate of drug-likeness (QED) is 0.581. The summed E-state index contributed by atoms with van der Waals surface area (Å²) in [6.45, 7) is 2.89. The van der Waals surface area contributed by atoms with Gasteiger partial charge in [0.05, 0.1) is 5.38 Å². The number of nitrogens with zero attached hydrogens (tertiary/aromatic N) is 1. The van der Waals surface area contributed by atoms with Crippen LogP contribution < -0.4 is 21.7 Å². The first-order chi connectivity index (χ1) is 12.6. The molecule has 1 aromatic carbocycles. The second-order valence-corrected chi connectivity index (χ2v) is 7.98. The van der Waals surface area contributed by atoms with Crippen LogP contribution in [0.15, 0.2) is 24.3 Å². The maximum absolute atomic E-state index is 13.2. The molecule has 6 nitrogen and oxygen atoms in total. The van der Waals surface area contributed by atoms with E-state index in [1.807, 2.05) is 17.0 Å². The molecule has 1 amide bonds. The van der Waals surface area contributed by atoms with Gasteiger partial charge in [-0.1, -0.05) is 12.1 Å². The normalized spacial score (nSPS) is 35.0. The Kier molecular flexibility index (Phi) is 5.42. The third kappa shape index (κ3) is 3.59.